The van der Waals surface area contributed by atoms with E-state index in [9.17, 15) is 4.79 Å². The minimum Gasteiger partial charge on any atom is -0.452 e. The van der Waals surface area contributed by atoms with Crippen molar-refractivity contribution in [1.82, 2.24) is 4.90 Å². The summed E-state index contributed by atoms with van der Waals surface area (Å²) < 4.78 is 4.99. The van der Waals surface area contributed by atoms with Gasteiger partial charge in [0.05, 0.1) is 11.8 Å². The molecule has 1 saturated heterocycles. The van der Waals surface area contributed by atoms with Crippen LogP contribution in [0.2, 0.25) is 5.22 Å². The molecule has 0 unspecified atom stereocenters. The maximum atomic E-state index is 12.3. The van der Waals surface area contributed by atoms with Crippen molar-refractivity contribution < 1.29 is 9.21 Å². The fourth-order valence-electron chi connectivity index (χ4n) is 2.90. The SMILES string of the molecule is O=C(c1ccoc1Cl)N1CCC(Cc2ccccc2)CC1. The van der Waals surface area contributed by atoms with Crippen LogP contribution in [0.1, 0.15) is 28.8 Å². The first-order chi connectivity index (χ1) is 10.2. The number of hydrogen-bond acceptors (Lipinski definition) is 2. The lowest BCUT2D eigenvalue weighted by molar-refractivity contribution is 0.0690. The minimum atomic E-state index is -0.0214. The van der Waals surface area contributed by atoms with Crippen LogP contribution < -0.4 is 0 Å². The topological polar surface area (TPSA) is 33.5 Å². The lowest BCUT2D eigenvalue weighted by Crippen LogP contribution is -2.38. The average Bonchev–Trinajstić information content (AvgIpc) is 2.94. The number of rotatable bonds is 3. The number of amides is 1. The second kappa shape index (κ2) is 6.35. The highest BCUT2D eigenvalue weighted by Crippen LogP contribution is 2.25. The fourth-order valence-corrected chi connectivity index (χ4v) is 3.10. The Hall–Kier alpha value is -1.74. The summed E-state index contributed by atoms with van der Waals surface area (Å²) in [5, 5.41) is 0.186. The zero-order valence-corrected chi connectivity index (χ0v) is 12.6. The molecule has 4 heteroatoms. The lowest BCUT2D eigenvalue weighted by Gasteiger charge is -2.32. The van der Waals surface area contributed by atoms with Crippen molar-refractivity contribution in [3.05, 3.63) is 59.0 Å². The van der Waals surface area contributed by atoms with Gasteiger partial charge in [0.2, 0.25) is 5.22 Å². The van der Waals surface area contributed by atoms with E-state index in [2.05, 4.69) is 24.3 Å². The summed E-state index contributed by atoms with van der Waals surface area (Å²) in [6.07, 6.45) is 4.62. The lowest BCUT2D eigenvalue weighted by atomic mass is 9.90. The molecule has 1 aromatic heterocycles. The van der Waals surface area contributed by atoms with Crippen LogP contribution in [-0.4, -0.2) is 23.9 Å². The van der Waals surface area contributed by atoms with Gasteiger partial charge in [-0.3, -0.25) is 4.79 Å². The first-order valence-electron chi connectivity index (χ1n) is 7.30. The van der Waals surface area contributed by atoms with Crippen LogP contribution in [0.4, 0.5) is 0 Å². The summed E-state index contributed by atoms with van der Waals surface area (Å²) in [6, 6.07) is 12.2. The molecule has 21 heavy (non-hydrogen) atoms. The number of nitrogens with zero attached hydrogens (tertiary/aromatic N) is 1. The standard InChI is InChI=1S/C17H18ClNO2/c18-16-15(8-11-21-16)17(20)19-9-6-14(7-10-19)12-13-4-2-1-3-5-13/h1-5,8,11,14H,6-7,9-10,12H2. The summed E-state index contributed by atoms with van der Waals surface area (Å²) in [4.78, 5) is 14.2. The van der Waals surface area contributed by atoms with Crippen LogP contribution in [0.25, 0.3) is 0 Å². The zero-order chi connectivity index (χ0) is 14.7. The minimum absolute atomic E-state index is 0.0214. The Morgan fingerprint density at radius 2 is 1.90 bits per heavy atom. The maximum Gasteiger partial charge on any atom is 0.258 e. The number of furan rings is 1. The Bertz CT molecular complexity index is 600. The molecule has 2 aromatic rings. The van der Waals surface area contributed by atoms with Crippen molar-refractivity contribution in [1.29, 1.82) is 0 Å². The third-order valence-electron chi connectivity index (χ3n) is 4.12. The summed E-state index contributed by atoms with van der Waals surface area (Å²) in [7, 11) is 0. The summed E-state index contributed by atoms with van der Waals surface area (Å²) in [6.45, 7) is 1.58. The van der Waals surface area contributed by atoms with E-state index in [1.807, 2.05) is 11.0 Å². The van der Waals surface area contributed by atoms with E-state index < -0.39 is 0 Å². The highest BCUT2D eigenvalue weighted by Gasteiger charge is 2.25. The third kappa shape index (κ3) is 3.30. The second-order valence-electron chi connectivity index (χ2n) is 5.53. The number of benzene rings is 1. The van der Waals surface area contributed by atoms with E-state index >= 15 is 0 Å². The van der Waals surface area contributed by atoms with Gasteiger partial charge in [0, 0.05) is 13.1 Å². The Morgan fingerprint density at radius 1 is 1.19 bits per heavy atom. The maximum absolute atomic E-state index is 12.3. The molecular weight excluding hydrogens is 286 g/mol. The largest absolute Gasteiger partial charge is 0.452 e. The van der Waals surface area contributed by atoms with Gasteiger partial charge in [0.15, 0.2) is 0 Å². The normalized spacial score (nSPS) is 16.1. The highest BCUT2D eigenvalue weighted by atomic mass is 35.5. The Kier molecular flexibility index (Phi) is 4.30. The predicted molar refractivity (Wildman–Crippen MR) is 82.5 cm³/mol. The quantitative estimate of drug-likeness (QED) is 0.858. The van der Waals surface area contributed by atoms with E-state index in [1.165, 1.54) is 11.8 Å². The van der Waals surface area contributed by atoms with E-state index in [0.29, 0.717) is 11.5 Å². The smallest absolute Gasteiger partial charge is 0.258 e. The predicted octanol–water partition coefficient (Wildman–Crippen LogP) is 4.03. The number of likely N-dealkylation sites (tertiary alicyclic amines) is 1. The van der Waals surface area contributed by atoms with E-state index in [0.717, 1.165) is 32.4 Å². The van der Waals surface area contributed by atoms with E-state index in [4.69, 9.17) is 16.0 Å². The molecule has 0 saturated carbocycles. The monoisotopic (exact) mass is 303 g/mol. The van der Waals surface area contributed by atoms with Gasteiger partial charge < -0.3 is 9.32 Å². The van der Waals surface area contributed by atoms with Crippen molar-refractivity contribution in [3.8, 4) is 0 Å². The van der Waals surface area contributed by atoms with Crippen molar-refractivity contribution in [2.45, 2.75) is 19.3 Å². The molecule has 2 heterocycles. The number of carbonyl (C=O) groups is 1. The third-order valence-corrected chi connectivity index (χ3v) is 4.41. The summed E-state index contributed by atoms with van der Waals surface area (Å²) >= 11 is 5.88. The van der Waals surface area contributed by atoms with Gasteiger partial charge in [-0.2, -0.15) is 0 Å². The number of halogens is 1. The molecule has 1 aromatic carbocycles. The molecule has 0 radical (unpaired) electrons. The van der Waals surface area contributed by atoms with E-state index in [-0.39, 0.29) is 11.1 Å². The molecule has 0 aliphatic carbocycles. The molecule has 1 aliphatic heterocycles. The van der Waals surface area contributed by atoms with Gasteiger partial charge in [-0.15, -0.1) is 0 Å². The molecule has 1 amide bonds. The van der Waals surface area contributed by atoms with Crippen LogP contribution in [-0.2, 0) is 6.42 Å². The van der Waals surface area contributed by atoms with Crippen LogP contribution in [0, 0.1) is 5.92 Å². The van der Waals surface area contributed by atoms with Crippen molar-refractivity contribution in [2.75, 3.05) is 13.1 Å². The van der Waals surface area contributed by atoms with Crippen LogP contribution in [0.3, 0.4) is 0 Å². The van der Waals surface area contributed by atoms with Gasteiger partial charge in [-0.25, -0.2) is 0 Å². The molecule has 1 aliphatic rings. The Labute approximate surface area is 129 Å². The van der Waals surface area contributed by atoms with Gasteiger partial charge in [0.25, 0.3) is 5.91 Å². The molecule has 0 bridgehead atoms. The molecule has 0 spiro atoms. The first-order valence-corrected chi connectivity index (χ1v) is 7.68. The molecule has 3 nitrogen and oxygen atoms in total. The van der Waals surface area contributed by atoms with Gasteiger partial charge in [-0.1, -0.05) is 30.3 Å². The van der Waals surface area contributed by atoms with Crippen LogP contribution >= 0.6 is 11.6 Å². The molecule has 0 N–H and O–H groups in total. The molecule has 3 rings (SSSR count). The highest BCUT2D eigenvalue weighted by molar-refractivity contribution is 6.32. The number of hydrogen-bond donors (Lipinski definition) is 0. The first kappa shape index (κ1) is 14.2. The molecule has 110 valence electrons. The van der Waals surface area contributed by atoms with Crippen molar-refractivity contribution in [3.63, 3.8) is 0 Å². The Morgan fingerprint density at radius 3 is 2.52 bits per heavy atom. The molecular formula is C17H18ClNO2. The number of carbonyl (C=O) groups excluding carboxylic acids is 1. The van der Waals surface area contributed by atoms with Crippen LogP contribution in [0.15, 0.2) is 47.1 Å². The van der Waals surface area contributed by atoms with E-state index in [1.54, 1.807) is 6.07 Å². The fraction of sp³-hybridized carbons (Fsp3) is 0.353. The Balaban J connectivity index is 1.56. The van der Waals surface area contributed by atoms with Gasteiger partial charge in [0.1, 0.15) is 0 Å². The van der Waals surface area contributed by atoms with Crippen molar-refractivity contribution in [2.24, 2.45) is 5.92 Å². The second-order valence-corrected chi connectivity index (χ2v) is 5.88. The average molecular weight is 304 g/mol. The van der Waals surface area contributed by atoms with Gasteiger partial charge >= 0.3 is 0 Å². The van der Waals surface area contributed by atoms with Gasteiger partial charge in [-0.05, 0) is 48.4 Å². The van der Waals surface area contributed by atoms with Crippen LogP contribution in [0.5, 0.6) is 0 Å². The summed E-state index contributed by atoms with van der Waals surface area (Å²) in [5.41, 5.74) is 1.85. The zero-order valence-electron chi connectivity index (χ0n) is 11.8. The summed E-state index contributed by atoms with van der Waals surface area (Å²) in [5.74, 6) is 0.628. The molecule has 1 fully saturated rings. The van der Waals surface area contributed by atoms with Crippen molar-refractivity contribution >= 4 is 17.5 Å². The number of piperidine rings is 1. The molecule has 0 atom stereocenters.